The number of carboxylic acids is 1. The first-order valence-electron chi connectivity index (χ1n) is 6.70. The molecule has 0 spiro atoms. The Balaban J connectivity index is 2.09. The lowest BCUT2D eigenvalue weighted by atomic mass is 10.1. The second-order valence-electron chi connectivity index (χ2n) is 4.68. The summed E-state index contributed by atoms with van der Waals surface area (Å²) in [6, 6.07) is 17.9. The molecule has 5 heteroatoms. The maximum absolute atomic E-state index is 11.4. The Bertz CT molecular complexity index is 793. The zero-order valence-electron chi connectivity index (χ0n) is 11.9. The molecule has 3 aromatic rings. The second-order valence-corrected chi connectivity index (χ2v) is 4.68. The van der Waals surface area contributed by atoms with Crippen LogP contribution in [0.2, 0.25) is 0 Å². The summed E-state index contributed by atoms with van der Waals surface area (Å²) in [7, 11) is 1.57. The molecule has 0 radical (unpaired) electrons. The van der Waals surface area contributed by atoms with Crippen LogP contribution in [0.4, 0.5) is 0 Å². The van der Waals surface area contributed by atoms with Gasteiger partial charge in [-0.25, -0.2) is 4.68 Å². The van der Waals surface area contributed by atoms with E-state index in [4.69, 9.17) is 4.74 Å². The molecule has 0 bridgehead atoms. The zero-order chi connectivity index (χ0) is 15.5. The first kappa shape index (κ1) is 13.9. The number of hydrogen-bond donors (Lipinski definition) is 0. The van der Waals surface area contributed by atoms with Crippen molar-refractivity contribution < 1.29 is 14.6 Å². The lowest BCUT2D eigenvalue weighted by molar-refractivity contribution is -0.255. The Morgan fingerprint density at radius 2 is 1.77 bits per heavy atom. The predicted octanol–water partition coefficient (Wildman–Crippen LogP) is 1.91. The largest absolute Gasteiger partial charge is 0.543 e. The number of carbonyl (C=O) groups is 1. The Morgan fingerprint density at radius 1 is 1.09 bits per heavy atom. The summed E-state index contributed by atoms with van der Waals surface area (Å²) >= 11 is 0. The average molecular weight is 293 g/mol. The van der Waals surface area contributed by atoms with Gasteiger partial charge >= 0.3 is 0 Å². The Labute approximate surface area is 127 Å². The number of hydrogen-bond acceptors (Lipinski definition) is 4. The van der Waals surface area contributed by atoms with Gasteiger partial charge in [-0.05, 0) is 30.3 Å². The summed E-state index contributed by atoms with van der Waals surface area (Å²) < 4.78 is 6.46. The highest BCUT2D eigenvalue weighted by molar-refractivity contribution is 5.86. The van der Waals surface area contributed by atoms with Gasteiger partial charge in [0.1, 0.15) is 5.75 Å². The molecule has 5 nitrogen and oxygen atoms in total. The Morgan fingerprint density at radius 3 is 2.36 bits per heavy atom. The molecule has 0 amide bonds. The van der Waals surface area contributed by atoms with Gasteiger partial charge in [0.2, 0.25) is 0 Å². The number of carboxylic acid groups (broad SMARTS) is 1. The molecule has 0 aliphatic carbocycles. The molecule has 0 saturated carbocycles. The molecule has 0 fully saturated rings. The highest BCUT2D eigenvalue weighted by Gasteiger charge is 2.12. The minimum absolute atomic E-state index is 0.00372. The number of nitrogens with zero attached hydrogens (tertiary/aromatic N) is 2. The number of benzene rings is 2. The van der Waals surface area contributed by atoms with Gasteiger partial charge in [-0.15, -0.1) is 0 Å². The van der Waals surface area contributed by atoms with Crippen LogP contribution in [0.25, 0.3) is 16.9 Å². The van der Waals surface area contributed by atoms with Crippen LogP contribution < -0.4 is 9.84 Å². The van der Waals surface area contributed by atoms with Crippen LogP contribution in [0.1, 0.15) is 10.5 Å². The molecule has 1 aromatic heterocycles. The predicted molar refractivity (Wildman–Crippen MR) is 79.9 cm³/mol. The standard InChI is InChI=1S/C17H14N2O3/c1-22-14-9-7-13(8-10-14)19-16(17(20)21)11-15(18-19)12-5-3-2-4-6-12/h2-11H,1H3,(H,20,21)/p-1. The lowest BCUT2D eigenvalue weighted by Crippen LogP contribution is -2.25. The molecule has 0 aliphatic rings. The fourth-order valence-electron chi connectivity index (χ4n) is 2.20. The molecular formula is C17H13N2O3-. The van der Waals surface area contributed by atoms with Gasteiger partial charge in [-0.3, -0.25) is 0 Å². The van der Waals surface area contributed by atoms with E-state index in [1.54, 1.807) is 31.4 Å². The third-order valence-corrected chi connectivity index (χ3v) is 3.31. The van der Waals surface area contributed by atoms with Gasteiger partial charge in [0.25, 0.3) is 0 Å². The van der Waals surface area contributed by atoms with Gasteiger partial charge in [0.05, 0.1) is 30.2 Å². The second kappa shape index (κ2) is 5.73. The topological polar surface area (TPSA) is 67.2 Å². The van der Waals surface area contributed by atoms with Gasteiger partial charge in [-0.1, -0.05) is 30.3 Å². The fraction of sp³-hybridized carbons (Fsp3) is 0.0588. The summed E-state index contributed by atoms with van der Waals surface area (Å²) in [6.45, 7) is 0. The molecule has 0 aliphatic heterocycles. The summed E-state index contributed by atoms with van der Waals surface area (Å²) in [6.07, 6.45) is 0. The van der Waals surface area contributed by atoms with Crippen molar-refractivity contribution >= 4 is 5.97 Å². The molecule has 110 valence electrons. The lowest BCUT2D eigenvalue weighted by Gasteiger charge is -2.08. The molecule has 0 unspecified atom stereocenters. The van der Waals surface area contributed by atoms with E-state index in [1.807, 2.05) is 30.3 Å². The van der Waals surface area contributed by atoms with Crippen LogP contribution in [-0.4, -0.2) is 22.9 Å². The molecule has 0 N–H and O–H groups in total. The maximum atomic E-state index is 11.4. The summed E-state index contributed by atoms with van der Waals surface area (Å²) in [5, 5.41) is 15.7. The molecular weight excluding hydrogens is 280 g/mol. The molecule has 2 aromatic carbocycles. The van der Waals surface area contributed by atoms with E-state index in [1.165, 1.54) is 10.7 Å². The maximum Gasteiger partial charge on any atom is 0.119 e. The SMILES string of the molecule is COc1ccc(-n2nc(-c3ccccc3)cc2C(=O)[O-])cc1. The van der Waals surface area contributed by atoms with Crippen LogP contribution >= 0.6 is 0 Å². The van der Waals surface area contributed by atoms with Crippen molar-refractivity contribution in [2.24, 2.45) is 0 Å². The molecule has 1 heterocycles. The van der Waals surface area contributed by atoms with Crippen molar-refractivity contribution in [3.63, 3.8) is 0 Å². The van der Waals surface area contributed by atoms with Gasteiger partial charge in [-0.2, -0.15) is 5.10 Å². The monoisotopic (exact) mass is 293 g/mol. The summed E-state index contributed by atoms with van der Waals surface area (Å²) in [5.74, 6) is -0.584. The van der Waals surface area contributed by atoms with Crippen molar-refractivity contribution in [3.8, 4) is 22.7 Å². The summed E-state index contributed by atoms with van der Waals surface area (Å²) in [4.78, 5) is 11.4. The number of rotatable bonds is 4. The van der Waals surface area contributed by atoms with Crippen molar-refractivity contribution in [2.45, 2.75) is 0 Å². The fourth-order valence-corrected chi connectivity index (χ4v) is 2.20. The summed E-state index contributed by atoms with van der Waals surface area (Å²) in [5.41, 5.74) is 2.05. The smallest absolute Gasteiger partial charge is 0.119 e. The number of aromatic nitrogens is 2. The van der Waals surface area contributed by atoms with Crippen molar-refractivity contribution in [3.05, 3.63) is 66.4 Å². The van der Waals surface area contributed by atoms with E-state index in [-0.39, 0.29) is 5.69 Å². The van der Waals surface area contributed by atoms with Crippen LogP contribution in [-0.2, 0) is 0 Å². The van der Waals surface area contributed by atoms with Crippen molar-refractivity contribution in [1.82, 2.24) is 9.78 Å². The van der Waals surface area contributed by atoms with Gasteiger partial charge in [0, 0.05) is 5.56 Å². The minimum atomic E-state index is -1.27. The van der Waals surface area contributed by atoms with E-state index in [9.17, 15) is 9.90 Å². The zero-order valence-corrected chi connectivity index (χ0v) is 11.9. The van der Waals surface area contributed by atoms with Crippen LogP contribution in [0, 0.1) is 0 Å². The van der Waals surface area contributed by atoms with Gasteiger partial charge in [0.15, 0.2) is 0 Å². The number of carbonyl (C=O) groups excluding carboxylic acids is 1. The highest BCUT2D eigenvalue weighted by Crippen LogP contribution is 2.22. The third kappa shape index (κ3) is 2.56. The Hall–Kier alpha value is -3.08. The van der Waals surface area contributed by atoms with Crippen molar-refractivity contribution in [2.75, 3.05) is 7.11 Å². The van der Waals surface area contributed by atoms with E-state index < -0.39 is 5.97 Å². The van der Waals surface area contributed by atoms with Crippen LogP contribution in [0.5, 0.6) is 5.75 Å². The first-order valence-corrected chi connectivity index (χ1v) is 6.70. The van der Waals surface area contributed by atoms with Crippen LogP contribution in [0.3, 0.4) is 0 Å². The Kier molecular flexibility index (Phi) is 3.62. The quantitative estimate of drug-likeness (QED) is 0.737. The molecule has 0 saturated heterocycles. The van der Waals surface area contributed by atoms with E-state index in [0.29, 0.717) is 17.1 Å². The first-order chi connectivity index (χ1) is 10.7. The molecule has 3 rings (SSSR count). The normalized spacial score (nSPS) is 10.4. The number of aromatic carboxylic acids is 1. The highest BCUT2D eigenvalue weighted by atomic mass is 16.5. The molecule has 22 heavy (non-hydrogen) atoms. The minimum Gasteiger partial charge on any atom is -0.543 e. The van der Waals surface area contributed by atoms with E-state index in [2.05, 4.69) is 5.10 Å². The molecule has 0 atom stereocenters. The number of ether oxygens (including phenoxy) is 1. The van der Waals surface area contributed by atoms with Crippen molar-refractivity contribution in [1.29, 1.82) is 0 Å². The average Bonchev–Trinajstić information content (AvgIpc) is 3.01. The van der Waals surface area contributed by atoms with Crippen LogP contribution in [0.15, 0.2) is 60.7 Å². The van der Waals surface area contributed by atoms with E-state index >= 15 is 0 Å². The third-order valence-electron chi connectivity index (χ3n) is 3.31. The van der Waals surface area contributed by atoms with E-state index in [0.717, 1.165) is 5.56 Å². The number of methoxy groups -OCH3 is 1. The van der Waals surface area contributed by atoms with Gasteiger partial charge < -0.3 is 14.6 Å².